The van der Waals surface area contributed by atoms with Crippen molar-refractivity contribution in [3.05, 3.63) is 12.3 Å². The third-order valence-corrected chi connectivity index (χ3v) is 3.78. The van der Waals surface area contributed by atoms with Crippen LogP contribution >= 0.6 is 0 Å². The normalized spacial score (nSPS) is 13.2. The SMILES string of the molecule is C=C[SiH2]C(C)(C)C(NC)NC. The Morgan fingerprint density at radius 1 is 1.36 bits per heavy atom. The molecule has 0 radical (unpaired) electrons. The summed E-state index contributed by atoms with van der Waals surface area (Å²) in [4.78, 5) is 0. The van der Waals surface area contributed by atoms with Crippen molar-refractivity contribution in [2.75, 3.05) is 14.1 Å². The van der Waals surface area contributed by atoms with Gasteiger partial charge in [-0.3, -0.25) is 0 Å². The first kappa shape index (κ1) is 10.9. The maximum atomic E-state index is 3.80. The van der Waals surface area contributed by atoms with Gasteiger partial charge in [-0.2, -0.15) is 0 Å². The van der Waals surface area contributed by atoms with E-state index in [0.29, 0.717) is 11.2 Å². The van der Waals surface area contributed by atoms with Crippen molar-refractivity contribution >= 4 is 9.52 Å². The molecule has 0 saturated heterocycles. The molecule has 2 N–H and O–H groups in total. The first-order valence-corrected chi connectivity index (χ1v) is 5.56. The zero-order valence-electron chi connectivity index (χ0n) is 8.07. The van der Waals surface area contributed by atoms with Gasteiger partial charge in [0.25, 0.3) is 0 Å². The third kappa shape index (κ3) is 3.18. The van der Waals surface area contributed by atoms with Crippen LogP contribution in [0.1, 0.15) is 13.8 Å². The standard InChI is InChI=1S/C8H20N2Si/c1-6-11-8(2,3)7(9-4)10-5/h6-7,9-10H,1,11H2,2-5H3. The fourth-order valence-corrected chi connectivity index (χ4v) is 2.80. The largest absolute Gasteiger partial charge is 0.305 e. The zero-order chi connectivity index (χ0) is 8.91. The Morgan fingerprint density at radius 2 is 1.82 bits per heavy atom. The summed E-state index contributed by atoms with van der Waals surface area (Å²) in [5.74, 6) is 0. The van der Waals surface area contributed by atoms with Crippen molar-refractivity contribution in [1.82, 2.24) is 10.6 Å². The van der Waals surface area contributed by atoms with Crippen LogP contribution in [0.3, 0.4) is 0 Å². The van der Waals surface area contributed by atoms with Gasteiger partial charge in [-0.15, -0.1) is 12.3 Å². The molecule has 0 aromatic rings. The highest BCUT2D eigenvalue weighted by molar-refractivity contribution is 6.46. The van der Waals surface area contributed by atoms with Gasteiger partial charge in [-0.25, -0.2) is 0 Å². The van der Waals surface area contributed by atoms with E-state index in [1.807, 2.05) is 14.1 Å². The van der Waals surface area contributed by atoms with E-state index in [4.69, 9.17) is 0 Å². The molecule has 0 heterocycles. The smallest absolute Gasteiger partial charge is 0.0592 e. The number of hydrogen-bond acceptors (Lipinski definition) is 2. The molecular weight excluding hydrogens is 152 g/mol. The van der Waals surface area contributed by atoms with Gasteiger partial charge in [0, 0.05) is 0 Å². The Bertz CT molecular complexity index is 119. The third-order valence-electron chi connectivity index (χ3n) is 2.03. The van der Waals surface area contributed by atoms with Crippen LogP contribution in [0.4, 0.5) is 0 Å². The van der Waals surface area contributed by atoms with Crippen molar-refractivity contribution in [1.29, 1.82) is 0 Å². The Morgan fingerprint density at radius 3 is 2.09 bits per heavy atom. The summed E-state index contributed by atoms with van der Waals surface area (Å²) in [7, 11) is 3.79. The van der Waals surface area contributed by atoms with Crippen LogP contribution in [0.2, 0.25) is 5.04 Å². The molecule has 0 atom stereocenters. The van der Waals surface area contributed by atoms with E-state index in [9.17, 15) is 0 Å². The second-order valence-electron chi connectivity index (χ2n) is 3.49. The highest BCUT2D eigenvalue weighted by atomic mass is 28.2. The van der Waals surface area contributed by atoms with Crippen molar-refractivity contribution in [3.63, 3.8) is 0 Å². The second-order valence-corrected chi connectivity index (χ2v) is 6.30. The average Bonchev–Trinajstić information content (AvgIpc) is 1.89. The van der Waals surface area contributed by atoms with E-state index in [-0.39, 0.29) is 9.52 Å². The first-order chi connectivity index (χ1) is 5.08. The Kier molecular flexibility index (Phi) is 4.64. The van der Waals surface area contributed by atoms with E-state index in [1.54, 1.807) is 0 Å². The summed E-state index contributed by atoms with van der Waals surface area (Å²) in [5, 5.41) is 6.87. The monoisotopic (exact) mass is 172 g/mol. The van der Waals surface area contributed by atoms with Gasteiger partial charge in [0.15, 0.2) is 0 Å². The average molecular weight is 172 g/mol. The van der Waals surface area contributed by atoms with Gasteiger partial charge in [-0.1, -0.05) is 13.8 Å². The molecule has 0 amide bonds. The molecular formula is C8H20N2Si. The van der Waals surface area contributed by atoms with Crippen LogP contribution in [-0.4, -0.2) is 29.8 Å². The molecule has 0 rings (SSSR count). The van der Waals surface area contributed by atoms with Gasteiger partial charge >= 0.3 is 0 Å². The maximum absolute atomic E-state index is 3.80. The lowest BCUT2D eigenvalue weighted by Gasteiger charge is -2.32. The van der Waals surface area contributed by atoms with Gasteiger partial charge in [0.2, 0.25) is 0 Å². The van der Waals surface area contributed by atoms with Crippen LogP contribution in [0.15, 0.2) is 12.3 Å². The van der Waals surface area contributed by atoms with Gasteiger partial charge in [0.05, 0.1) is 15.7 Å². The van der Waals surface area contributed by atoms with Crippen molar-refractivity contribution in [2.24, 2.45) is 0 Å². The van der Waals surface area contributed by atoms with E-state index < -0.39 is 0 Å². The van der Waals surface area contributed by atoms with E-state index in [2.05, 4.69) is 36.8 Å². The summed E-state index contributed by atoms with van der Waals surface area (Å²) in [6, 6.07) is 0. The summed E-state index contributed by atoms with van der Waals surface area (Å²) in [5.41, 5.74) is 2.10. The molecule has 0 spiro atoms. The predicted molar refractivity (Wildman–Crippen MR) is 54.7 cm³/mol. The number of nitrogens with one attached hydrogen (secondary N) is 2. The summed E-state index contributed by atoms with van der Waals surface area (Å²) >= 11 is 0. The lowest BCUT2D eigenvalue weighted by Crippen LogP contribution is -2.47. The van der Waals surface area contributed by atoms with Crippen molar-refractivity contribution in [3.8, 4) is 0 Å². The van der Waals surface area contributed by atoms with Gasteiger partial charge < -0.3 is 10.6 Å². The molecule has 0 aromatic carbocycles. The van der Waals surface area contributed by atoms with Crippen LogP contribution in [0, 0.1) is 0 Å². The molecule has 3 heteroatoms. The van der Waals surface area contributed by atoms with Gasteiger partial charge in [-0.05, 0) is 19.1 Å². The lowest BCUT2D eigenvalue weighted by molar-refractivity contribution is 0.393. The fraction of sp³-hybridized carbons (Fsp3) is 0.750. The predicted octanol–water partition coefficient (Wildman–Crippen LogP) is 0.262. The molecule has 66 valence electrons. The Labute approximate surface area is 72.3 Å². The summed E-state index contributed by atoms with van der Waals surface area (Å²) < 4.78 is 0. The highest BCUT2D eigenvalue weighted by Gasteiger charge is 2.25. The van der Waals surface area contributed by atoms with Gasteiger partial charge in [0.1, 0.15) is 0 Å². The topological polar surface area (TPSA) is 24.1 Å². The molecule has 11 heavy (non-hydrogen) atoms. The molecule has 0 aromatic heterocycles. The molecule has 0 aliphatic carbocycles. The van der Waals surface area contributed by atoms with Crippen LogP contribution in [0.25, 0.3) is 0 Å². The van der Waals surface area contributed by atoms with E-state index in [0.717, 1.165) is 0 Å². The first-order valence-electron chi connectivity index (χ1n) is 4.04. The summed E-state index contributed by atoms with van der Waals surface area (Å²) in [6.45, 7) is 8.36. The minimum Gasteiger partial charge on any atom is -0.305 e. The molecule has 0 bridgehead atoms. The minimum absolute atomic E-state index is 0.181. The van der Waals surface area contributed by atoms with Crippen LogP contribution in [0.5, 0.6) is 0 Å². The van der Waals surface area contributed by atoms with Crippen LogP contribution in [-0.2, 0) is 0 Å². The zero-order valence-corrected chi connectivity index (χ0v) is 9.48. The molecule has 2 nitrogen and oxygen atoms in total. The Balaban J connectivity index is 4.10. The number of rotatable bonds is 5. The summed E-state index contributed by atoms with van der Waals surface area (Å²) in [6.07, 6.45) is 0.409. The van der Waals surface area contributed by atoms with E-state index in [1.165, 1.54) is 0 Å². The van der Waals surface area contributed by atoms with Crippen LogP contribution < -0.4 is 10.6 Å². The molecule has 0 fully saturated rings. The molecule has 0 saturated carbocycles. The maximum Gasteiger partial charge on any atom is 0.0592 e. The lowest BCUT2D eigenvalue weighted by atomic mass is 10.1. The number of hydrogen-bond donors (Lipinski definition) is 2. The van der Waals surface area contributed by atoms with Crippen molar-refractivity contribution in [2.45, 2.75) is 25.1 Å². The van der Waals surface area contributed by atoms with Crippen molar-refractivity contribution < 1.29 is 0 Å². The molecule has 0 aliphatic heterocycles. The minimum atomic E-state index is -0.181. The highest BCUT2D eigenvalue weighted by Crippen LogP contribution is 2.25. The quantitative estimate of drug-likeness (QED) is 0.459. The molecule has 0 unspecified atom stereocenters. The molecule has 0 aliphatic rings. The fourth-order valence-electron chi connectivity index (χ4n) is 1.42. The van der Waals surface area contributed by atoms with E-state index >= 15 is 0 Å². The second kappa shape index (κ2) is 4.69. The Hall–Kier alpha value is -0.123.